The summed E-state index contributed by atoms with van der Waals surface area (Å²) in [5.74, 6) is -2.17. The van der Waals surface area contributed by atoms with Gasteiger partial charge in [-0.1, -0.05) is 49.1 Å². The SMILES string of the molecule is C=C/C=C\C=C1CCC(C(=C)NC(C)c2ccc(CCC(C)(F)F)cn2)CC1. The number of hydrogen-bond donors (Lipinski definition) is 1. The van der Waals surface area contributed by atoms with E-state index in [1.165, 1.54) is 5.57 Å². The zero-order valence-electron chi connectivity index (χ0n) is 17.1. The van der Waals surface area contributed by atoms with Gasteiger partial charge in [-0.25, -0.2) is 8.78 Å². The summed E-state index contributed by atoms with van der Waals surface area (Å²) in [6, 6.07) is 3.85. The maximum absolute atomic E-state index is 13.0. The van der Waals surface area contributed by atoms with Crippen molar-refractivity contribution < 1.29 is 8.78 Å². The first-order chi connectivity index (χ1) is 13.3. The molecule has 1 heterocycles. The smallest absolute Gasteiger partial charge is 0.245 e. The van der Waals surface area contributed by atoms with Crippen LogP contribution in [-0.4, -0.2) is 10.9 Å². The van der Waals surface area contributed by atoms with Gasteiger partial charge in [0.15, 0.2) is 0 Å². The number of aromatic nitrogens is 1. The van der Waals surface area contributed by atoms with Gasteiger partial charge in [-0.05, 0) is 63.5 Å². The lowest BCUT2D eigenvalue weighted by Gasteiger charge is -2.28. The van der Waals surface area contributed by atoms with Crippen LogP contribution in [0.3, 0.4) is 0 Å². The number of rotatable bonds is 9. The molecular weight excluding hydrogens is 354 g/mol. The molecule has 0 saturated heterocycles. The summed E-state index contributed by atoms with van der Waals surface area (Å²) < 4.78 is 26.0. The van der Waals surface area contributed by atoms with Gasteiger partial charge in [-0.2, -0.15) is 0 Å². The van der Waals surface area contributed by atoms with Crippen molar-refractivity contribution in [2.45, 2.75) is 64.3 Å². The minimum atomic E-state index is -2.64. The number of alkyl halides is 2. The number of aryl methyl sites for hydroxylation is 1. The van der Waals surface area contributed by atoms with E-state index in [0.29, 0.717) is 12.3 Å². The molecule has 1 aliphatic rings. The van der Waals surface area contributed by atoms with Gasteiger partial charge in [0.1, 0.15) is 0 Å². The van der Waals surface area contributed by atoms with Gasteiger partial charge in [0.05, 0.1) is 11.7 Å². The molecule has 28 heavy (non-hydrogen) atoms. The highest BCUT2D eigenvalue weighted by Gasteiger charge is 2.22. The van der Waals surface area contributed by atoms with Crippen molar-refractivity contribution in [2.75, 3.05) is 0 Å². The first kappa shape index (κ1) is 22.1. The van der Waals surface area contributed by atoms with Gasteiger partial charge >= 0.3 is 0 Å². The zero-order valence-corrected chi connectivity index (χ0v) is 17.1. The van der Waals surface area contributed by atoms with Crippen LogP contribution in [0.25, 0.3) is 0 Å². The Morgan fingerprint density at radius 1 is 1.32 bits per heavy atom. The monoisotopic (exact) mass is 386 g/mol. The molecule has 152 valence electrons. The van der Waals surface area contributed by atoms with Gasteiger partial charge in [0.2, 0.25) is 5.92 Å². The molecule has 1 atom stereocenters. The molecule has 0 spiro atoms. The number of hydrogen-bond acceptors (Lipinski definition) is 2. The molecule has 0 bridgehead atoms. The first-order valence-electron chi connectivity index (χ1n) is 10.0. The van der Waals surface area contributed by atoms with Crippen molar-refractivity contribution in [3.05, 3.63) is 78.3 Å². The van der Waals surface area contributed by atoms with Crippen molar-refractivity contribution in [1.29, 1.82) is 0 Å². The van der Waals surface area contributed by atoms with Crippen LogP contribution in [-0.2, 0) is 6.42 Å². The number of pyridine rings is 1. The summed E-state index contributed by atoms with van der Waals surface area (Å²) >= 11 is 0. The summed E-state index contributed by atoms with van der Waals surface area (Å²) in [6.07, 6.45) is 14.3. The second-order valence-corrected chi connectivity index (χ2v) is 7.77. The average Bonchev–Trinajstić information content (AvgIpc) is 2.67. The van der Waals surface area contributed by atoms with Crippen molar-refractivity contribution in [2.24, 2.45) is 5.92 Å². The first-order valence-corrected chi connectivity index (χ1v) is 10.0. The molecular formula is C24H32F2N2. The summed E-state index contributed by atoms with van der Waals surface area (Å²) in [5, 5.41) is 3.49. The van der Waals surface area contributed by atoms with Crippen LogP contribution in [0, 0.1) is 5.92 Å². The van der Waals surface area contributed by atoms with E-state index in [2.05, 4.69) is 42.5 Å². The fraction of sp³-hybridized carbons (Fsp3) is 0.458. The van der Waals surface area contributed by atoms with E-state index in [-0.39, 0.29) is 12.5 Å². The largest absolute Gasteiger partial charge is 0.380 e. The molecule has 0 amide bonds. The molecule has 0 aliphatic heterocycles. The third-order valence-electron chi connectivity index (χ3n) is 5.25. The maximum Gasteiger partial charge on any atom is 0.245 e. The molecule has 0 radical (unpaired) electrons. The molecule has 1 N–H and O–H groups in total. The topological polar surface area (TPSA) is 24.9 Å². The van der Waals surface area contributed by atoms with Crippen LogP contribution in [0.5, 0.6) is 0 Å². The van der Waals surface area contributed by atoms with E-state index in [9.17, 15) is 8.78 Å². The lowest BCUT2D eigenvalue weighted by molar-refractivity contribution is 0.0133. The Morgan fingerprint density at radius 3 is 2.61 bits per heavy atom. The Kier molecular flexibility index (Phi) is 8.16. The second-order valence-electron chi connectivity index (χ2n) is 7.77. The Morgan fingerprint density at radius 2 is 2.04 bits per heavy atom. The van der Waals surface area contributed by atoms with Gasteiger partial charge in [0.25, 0.3) is 0 Å². The van der Waals surface area contributed by atoms with Gasteiger partial charge in [-0.3, -0.25) is 4.98 Å². The quantitative estimate of drug-likeness (QED) is 0.478. The lowest BCUT2D eigenvalue weighted by atomic mass is 9.84. The molecule has 1 aromatic heterocycles. The van der Waals surface area contributed by atoms with E-state index in [4.69, 9.17) is 0 Å². The van der Waals surface area contributed by atoms with E-state index in [1.807, 2.05) is 18.2 Å². The molecule has 2 nitrogen and oxygen atoms in total. The van der Waals surface area contributed by atoms with E-state index in [1.54, 1.807) is 12.3 Å². The van der Waals surface area contributed by atoms with Crippen molar-refractivity contribution >= 4 is 0 Å². The zero-order chi connectivity index (χ0) is 20.6. The van der Waals surface area contributed by atoms with Gasteiger partial charge in [0, 0.05) is 18.3 Å². The van der Waals surface area contributed by atoms with Crippen LogP contribution >= 0.6 is 0 Å². The molecule has 4 heteroatoms. The Hall–Kier alpha value is -2.23. The van der Waals surface area contributed by atoms with Crippen molar-refractivity contribution in [3.63, 3.8) is 0 Å². The molecule has 1 aromatic rings. The summed E-state index contributed by atoms with van der Waals surface area (Å²) in [6.45, 7) is 10.9. The maximum atomic E-state index is 13.0. The molecule has 1 saturated carbocycles. The fourth-order valence-corrected chi connectivity index (χ4v) is 3.45. The molecule has 0 aromatic carbocycles. The molecule has 1 fully saturated rings. The number of nitrogens with one attached hydrogen (secondary N) is 1. The predicted octanol–water partition coefficient (Wildman–Crippen LogP) is 6.69. The standard InChI is InChI=1S/C24H32F2N2/c1-5-6-7-8-20-9-12-22(13-10-20)18(2)28-19(3)23-14-11-21(17-27-23)15-16-24(4,25)26/h5-8,11,14,17,19,22,28H,1-2,9-10,12-13,15-16H2,3-4H3/b7-6-,20-8?. The Bertz CT molecular complexity index is 701. The van der Waals surface area contributed by atoms with Crippen LogP contribution in [0.2, 0.25) is 0 Å². The van der Waals surface area contributed by atoms with E-state index in [0.717, 1.165) is 49.6 Å². The second kappa shape index (κ2) is 10.4. The van der Waals surface area contributed by atoms with Crippen LogP contribution in [0.4, 0.5) is 8.78 Å². The normalized spacial score (nSPS) is 18.7. The highest BCUT2D eigenvalue weighted by molar-refractivity contribution is 5.20. The van der Waals surface area contributed by atoms with Crippen molar-refractivity contribution in [3.8, 4) is 0 Å². The van der Waals surface area contributed by atoms with Gasteiger partial charge in [-0.15, -0.1) is 0 Å². The summed E-state index contributed by atoms with van der Waals surface area (Å²) in [4.78, 5) is 4.46. The predicted molar refractivity (Wildman–Crippen MR) is 113 cm³/mol. The minimum Gasteiger partial charge on any atom is -0.380 e. The van der Waals surface area contributed by atoms with Crippen LogP contribution in [0.1, 0.15) is 63.3 Å². The number of halogens is 2. The minimum absolute atomic E-state index is 0.0432. The summed E-state index contributed by atoms with van der Waals surface area (Å²) in [7, 11) is 0. The van der Waals surface area contributed by atoms with Crippen LogP contribution in [0.15, 0.2) is 67.1 Å². The number of nitrogens with zero attached hydrogens (tertiary/aromatic N) is 1. The Labute approximate surface area is 168 Å². The van der Waals surface area contributed by atoms with Crippen LogP contribution < -0.4 is 5.32 Å². The molecule has 1 unspecified atom stereocenters. The Balaban J connectivity index is 1.83. The third-order valence-corrected chi connectivity index (χ3v) is 5.25. The van der Waals surface area contributed by atoms with Gasteiger partial charge < -0.3 is 5.32 Å². The lowest BCUT2D eigenvalue weighted by Crippen LogP contribution is -2.25. The number of allylic oxidation sites excluding steroid dienone is 6. The van der Waals surface area contributed by atoms with E-state index < -0.39 is 5.92 Å². The molecule has 1 aliphatic carbocycles. The van der Waals surface area contributed by atoms with Crippen molar-refractivity contribution in [1.82, 2.24) is 10.3 Å². The molecule has 2 rings (SSSR count). The fourth-order valence-electron chi connectivity index (χ4n) is 3.45. The summed E-state index contributed by atoms with van der Waals surface area (Å²) in [5.41, 5.74) is 4.28. The average molecular weight is 387 g/mol. The highest BCUT2D eigenvalue weighted by atomic mass is 19.3. The van der Waals surface area contributed by atoms with E-state index >= 15 is 0 Å². The highest BCUT2D eigenvalue weighted by Crippen LogP contribution is 2.32. The third kappa shape index (κ3) is 7.41.